The minimum Gasteiger partial charge on any atom is -0.489 e. The number of fused-ring (bicyclic) bond motifs is 1. The first-order chi connectivity index (χ1) is 20.1. The molecule has 0 radical (unpaired) electrons. The number of carbonyl (C=O) groups is 2. The summed E-state index contributed by atoms with van der Waals surface area (Å²) in [4.78, 5) is 35.2. The largest absolute Gasteiger partial charge is 0.489 e. The molecular weight excluding hydrogens is 560 g/mol. The molecule has 2 aliphatic rings. The fourth-order valence-electron chi connectivity index (χ4n) is 5.57. The molecule has 0 saturated carbocycles. The van der Waals surface area contributed by atoms with Gasteiger partial charge in [0.25, 0.3) is 0 Å². The van der Waals surface area contributed by atoms with E-state index in [1.807, 2.05) is 37.3 Å². The van der Waals surface area contributed by atoms with Crippen molar-refractivity contribution in [2.45, 2.75) is 37.3 Å². The summed E-state index contributed by atoms with van der Waals surface area (Å²) >= 11 is 0. The van der Waals surface area contributed by atoms with E-state index in [2.05, 4.69) is 21.5 Å². The molecule has 12 nitrogen and oxygen atoms in total. The van der Waals surface area contributed by atoms with Crippen molar-refractivity contribution in [1.29, 1.82) is 0 Å². The zero-order valence-corrected chi connectivity index (χ0v) is 24.6. The second-order valence-corrected chi connectivity index (χ2v) is 12.5. The number of hydrogen-bond donors (Lipinski definition) is 3. The van der Waals surface area contributed by atoms with Gasteiger partial charge in [-0.1, -0.05) is 25.1 Å². The van der Waals surface area contributed by atoms with Crippen LogP contribution in [0, 0.1) is 6.92 Å². The van der Waals surface area contributed by atoms with Gasteiger partial charge in [-0.15, -0.1) is 0 Å². The van der Waals surface area contributed by atoms with Gasteiger partial charge in [-0.25, -0.2) is 23.4 Å². The number of benzene rings is 2. The minimum absolute atomic E-state index is 0.00692. The minimum atomic E-state index is -4.07. The van der Waals surface area contributed by atoms with Crippen LogP contribution in [0.1, 0.15) is 24.6 Å². The van der Waals surface area contributed by atoms with Crippen molar-refractivity contribution >= 4 is 32.9 Å². The maximum atomic E-state index is 13.4. The van der Waals surface area contributed by atoms with Gasteiger partial charge in [-0.3, -0.25) is 15.0 Å². The van der Waals surface area contributed by atoms with E-state index >= 15 is 0 Å². The lowest BCUT2D eigenvalue weighted by atomic mass is 9.87. The van der Waals surface area contributed by atoms with Gasteiger partial charge in [0.1, 0.15) is 12.4 Å². The van der Waals surface area contributed by atoms with Gasteiger partial charge in [0.2, 0.25) is 15.9 Å². The number of likely N-dealkylation sites (N-methyl/N-ethyl adjacent to an activating group) is 1. The van der Waals surface area contributed by atoms with Gasteiger partial charge in [-0.2, -0.15) is 0 Å². The monoisotopic (exact) mass is 596 g/mol. The Hall–Kier alpha value is -3.78. The summed E-state index contributed by atoms with van der Waals surface area (Å²) in [7, 11) is -4.07. The van der Waals surface area contributed by atoms with E-state index < -0.39 is 21.5 Å². The molecule has 0 atom stereocenters. The topological polar surface area (TPSA) is 144 Å². The van der Waals surface area contributed by atoms with Crippen LogP contribution in [0.5, 0.6) is 5.75 Å². The first-order valence-corrected chi connectivity index (χ1v) is 15.4. The molecule has 1 aromatic heterocycles. The molecule has 0 spiro atoms. The molecule has 0 aliphatic carbocycles. The van der Waals surface area contributed by atoms with Crippen LogP contribution in [-0.4, -0.2) is 96.6 Å². The van der Waals surface area contributed by atoms with Gasteiger partial charge in [0, 0.05) is 55.9 Å². The van der Waals surface area contributed by atoms with E-state index in [-0.39, 0.29) is 37.0 Å². The Bertz CT molecular complexity index is 1550. The molecule has 0 unspecified atom stereocenters. The van der Waals surface area contributed by atoms with E-state index in [4.69, 9.17) is 9.94 Å². The van der Waals surface area contributed by atoms with E-state index in [9.17, 15) is 18.0 Å². The molecule has 3 heterocycles. The fourth-order valence-corrected chi connectivity index (χ4v) is 6.95. The van der Waals surface area contributed by atoms with Crippen molar-refractivity contribution in [2.24, 2.45) is 0 Å². The lowest BCUT2D eigenvalue weighted by Crippen LogP contribution is -2.73. The van der Waals surface area contributed by atoms with Crippen molar-refractivity contribution in [3.63, 3.8) is 0 Å². The molecule has 2 aromatic carbocycles. The maximum absolute atomic E-state index is 13.4. The number of nitrogens with one attached hydrogen (secondary N) is 2. The van der Waals surface area contributed by atoms with Gasteiger partial charge in [-0.05, 0) is 49.9 Å². The third-order valence-electron chi connectivity index (χ3n) is 7.78. The Morgan fingerprint density at radius 3 is 2.38 bits per heavy atom. The fraction of sp³-hybridized carbons (Fsp3) is 0.414. The van der Waals surface area contributed by atoms with Gasteiger partial charge < -0.3 is 19.4 Å². The maximum Gasteiger partial charge on any atom is 0.320 e. The average molecular weight is 597 g/mol. The highest BCUT2D eigenvalue weighted by Crippen LogP contribution is 2.29. The van der Waals surface area contributed by atoms with Crippen molar-refractivity contribution in [1.82, 2.24) is 29.9 Å². The van der Waals surface area contributed by atoms with Crippen LogP contribution in [0.25, 0.3) is 10.9 Å². The van der Waals surface area contributed by atoms with E-state index in [1.165, 1.54) is 17.0 Å². The van der Waals surface area contributed by atoms with Crippen molar-refractivity contribution in [3.8, 4) is 5.75 Å². The van der Waals surface area contributed by atoms with Gasteiger partial charge in [0.05, 0.1) is 22.4 Å². The van der Waals surface area contributed by atoms with Crippen molar-refractivity contribution < 1.29 is 28.0 Å². The number of pyridine rings is 1. The Kier molecular flexibility index (Phi) is 8.64. The van der Waals surface area contributed by atoms with Crippen molar-refractivity contribution in [3.05, 3.63) is 65.9 Å². The summed E-state index contributed by atoms with van der Waals surface area (Å²) in [6, 6.07) is 15.6. The number of aryl methyl sites for hydroxylation is 1. The van der Waals surface area contributed by atoms with Crippen LogP contribution in [0.2, 0.25) is 0 Å². The molecule has 2 aliphatic heterocycles. The lowest BCUT2D eigenvalue weighted by molar-refractivity contribution is -0.132. The number of hydrogen-bond acceptors (Lipinski definition) is 8. The smallest absolute Gasteiger partial charge is 0.320 e. The van der Waals surface area contributed by atoms with Crippen LogP contribution in [-0.2, 0) is 21.4 Å². The molecule has 2 fully saturated rings. The Labute approximate surface area is 245 Å². The first kappa shape index (κ1) is 29.7. The van der Waals surface area contributed by atoms with Crippen LogP contribution in [0.4, 0.5) is 4.79 Å². The summed E-state index contributed by atoms with van der Waals surface area (Å²) in [6.45, 7) is 7.94. The Morgan fingerprint density at radius 1 is 1.02 bits per heavy atom. The Balaban J connectivity index is 1.24. The zero-order chi connectivity index (χ0) is 29.9. The molecule has 224 valence electrons. The molecule has 3 N–H and O–H groups in total. The van der Waals surface area contributed by atoms with Crippen LogP contribution in [0.3, 0.4) is 0 Å². The predicted molar refractivity (Wildman–Crippen MR) is 156 cm³/mol. The molecule has 2 saturated heterocycles. The van der Waals surface area contributed by atoms with Crippen LogP contribution < -0.4 is 14.9 Å². The molecule has 0 bridgehead atoms. The van der Waals surface area contributed by atoms with E-state index in [1.54, 1.807) is 22.5 Å². The van der Waals surface area contributed by atoms with E-state index in [0.29, 0.717) is 18.8 Å². The van der Waals surface area contributed by atoms with Crippen LogP contribution >= 0.6 is 0 Å². The predicted octanol–water partition coefficient (Wildman–Crippen LogP) is 2.11. The third-order valence-corrected chi connectivity index (χ3v) is 9.37. The number of ether oxygens (including phenoxy) is 1. The number of amides is 3. The number of piperazine rings is 1. The standard InChI is InChI=1S/C29H36N6O6S/c1-3-33-12-14-34(15-13-33)28(37)35-19-29(20-35,17-27(36)31-38)32-42(39,40)24-10-8-23(9-11-24)41-18-22-16-21(2)30-26-7-5-4-6-25(22)26/h4-11,16,32,38H,3,12-15,17-20H2,1-2H3,(H,31,36). The highest BCUT2D eigenvalue weighted by molar-refractivity contribution is 7.89. The molecule has 5 rings (SSSR count). The number of likely N-dealkylation sites (tertiary alicyclic amines) is 1. The highest BCUT2D eigenvalue weighted by Gasteiger charge is 2.50. The van der Waals surface area contributed by atoms with Gasteiger partial charge in [0.15, 0.2) is 0 Å². The van der Waals surface area contributed by atoms with Crippen molar-refractivity contribution in [2.75, 3.05) is 45.8 Å². The summed E-state index contributed by atoms with van der Waals surface area (Å²) in [5, 5.41) is 10.1. The average Bonchev–Trinajstić information content (AvgIpc) is 2.98. The summed E-state index contributed by atoms with van der Waals surface area (Å²) < 4.78 is 35.3. The summed E-state index contributed by atoms with van der Waals surface area (Å²) in [5.74, 6) is -0.255. The molecule has 13 heteroatoms. The molecule has 42 heavy (non-hydrogen) atoms. The number of aromatic nitrogens is 1. The quantitative estimate of drug-likeness (QED) is 0.252. The third kappa shape index (κ3) is 6.49. The SMILES string of the molecule is CCN1CCN(C(=O)N2CC(CC(=O)NO)(NS(=O)(=O)c3ccc(OCc4cc(C)nc5ccccc45)cc3)C2)CC1. The normalized spacial score (nSPS) is 17.1. The Morgan fingerprint density at radius 2 is 1.71 bits per heavy atom. The second kappa shape index (κ2) is 12.2. The highest BCUT2D eigenvalue weighted by atomic mass is 32.2. The number of para-hydroxylation sites is 1. The number of rotatable bonds is 9. The number of carbonyl (C=O) groups excluding carboxylic acids is 2. The van der Waals surface area contributed by atoms with Gasteiger partial charge >= 0.3 is 6.03 Å². The molecular formula is C29H36N6O6S. The number of hydroxylamine groups is 1. The molecule has 3 aromatic rings. The summed E-state index contributed by atoms with van der Waals surface area (Å²) in [5.41, 5.74) is 3.04. The number of urea groups is 1. The lowest BCUT2D eigenvalue weighted by Gasteiger charge is -2.51. The first-order valence-electron chi connectivity index (χ1n) is 13.9. The summed E-state index contributed by atoms with van der Waals surface area (Å²) in [6.07, 6.45) is -0.323. The van der Waals surface area contributed by atoms with E-state index in [0.717, 1.165) is 41.8 Å². The molecule has 3 amide bonds. The number of sulfonamides is 1. The number of nitrogens with zero attached hydrogens (tertiary/aromatic N) is 4. The zero-order valence-electron chi connectivity index (χ0n) is 23.7. The van der Waals surface area contributed by atoms with Crippen LogP contribution in [0.15, 0.2) is 59.5 Å². The second-order valence-electron chi connectivity index (χ2n) is 10.9.